The molecule has 5 atom stereocenters. The smallest absolute Gasteiger partial charge is 0.306 e. The van der Waals surface area contributed by atoms with Gasteiger partial charge in [0.1, 0.15) is 16.9 Å². The molecule has 1 aliphatic carbocycles. The summed E-state index contributed by atoms with van der Waals surface area (Å²) in [4.78, 5) is 29.3. The first-order chi connectivity index (χ1) is 22.5. The van der Waals surface area contributed by atoms with E-state index >= 15 is 0 Å². The third kappa shape index (κ3) is 7.73. The van der Waals surface area contributed by atoms with E-state index in [1.54, 1.807) is 18.3 Å². The molecule has 1 fully saturated rings. The van der Waals surface area contributed by atoms with Gasteiger partial charge in [0.15, 0.2) is 0 Å². The number of carboxylic acid groups (broad SMARTS) is 1. The third-order valence-electron chi connectivity index (χ3n) is 9.26. The van der Waals surface area contributed by atoms with Crippen LogP contribution < -0.4 is 10.4 Å². The number of aliphatic hydroxyl groups excluding tert-OH is 1. The van der Waals surface area contributed by atoms with Gasteiger partial charge in [-0.15, -0.1) is 11.3 Å². The summed E-state index contributed by atoms with van der Waals surface area (Å²) < 4.78 is 8.65. The van der Waals surface area contributed by atoms with E-state index in [9.17, 15) is 14.7 Å². The van der Waals surface area contributed by atoms with Crippen LogP contribution in [0.3, 0.4) is 0 Å². The molecule has 1 saturated carbocycles. The molecular weight excluding hydrogens is 623 g/mol. The molecule has 47 heavy (non-hydrogen) atoms. The lowest BCUT2D eigenvalue weighted by atomic mass is 9.90. The van der Waals surface area contributed by atoms with Crippen LogP contribution in [-0.2, 0) is 14.0 Å². The summed E-state index contributed by atoms with van der Waals surface area (Å²) in [6.45, 7) is 8.44. The van der Waals surface area contributed by atoms with Gasteiger partial charge in [0.2, 0.25) is 0 Å². The Hall–Kier alpha value is -3.69. The number of allylic oxidation sites excluding steroid dienone is 2. The van der Waals surface area contributed by atoms with Crippen molar-refractivity contribution in [2.24, 2.45) is 17.8 Å². The molecule has 1 aliphatic rings. The van der Waals surface area contributed by atoms with E-state index in [0.29, 0.717) is 19.3 Å². The zero-order chi connectivity index (χ0) is 33.6. The van der Waals surface area contributed by atoms with E-state index < -0.39 is 32.4 Å². The number of ketones is 1. The average molecular weight is 668 g/mol. The maximum absolute atomic E-state index is 13.1. The Morgan fingerprint density at radius 3 is 2.21 bits per heavy atom. The second-order valence-electron chi connectivity index (χ2n) is 13.6. The van der Waals surface area contributed by atoms with E-state index in [1.807, 2.05) is 54.6 Å². The zero-order valence-corrected chi connectivity index (χ0v) is 29.4. The van der Waals surface area contributed by atoms with Crippen LogP contribution >= 0.6 is 11.3 Å². The minimum absolute atomic E-state index is 0.0418. The SMILES string of the molecule is CC(CCC=CC[C@H]1C(=O)C[C@@H](O)[C@@H]1C=C[C@@H](O[Si](c1ccccc1)(c1ccccc1)C(C)(C)C)c1nc2ccccc2s1)C(=O)O. The van der Waals surface area contributed by atoms with Crippen LogP contribution in [0, 0.1) is 17.8 Å². The van der Waals surface area contributed by atoms with Gasteiger partial charge >= 0.3 is 5.97 Å². The molecule has 2 N–H and O–H groups in total. The highest BCUT2D eigenvalue weighted by Gasteiger charge is 2.52. The number of carboxylic acids is 1. The van der Waals surface area contributed by atoms with Gasteiger partial charge in [-0.3, -0.25) is 9.59 Å². The van der Waals surface area contributed by atoms with Crippen LogP contribution in [0.1, 0.15) is 64.5 Å². The number of aliphatic carboxylic acids is 1. The number of benzene rings is 3. The molecule has 0 bridgehead atoms. The first-order valence-corrected chi connectivity index (χ1v) is 19.1. The van der Waals surface area contributed by atoms with Gasteiger partial charge in [-0.05, 0) is 46.8 Å². The van der Waals surface area contributed by atoms with Crippen LogP contribution in [0.2, 0.25) is 5.04 Å². The lowest BCUT2D eigenvalue weighted by Gasteiger charge is -2.44. The number of hydrogen-bond acceptors (Lipinski definition) is 6. The second kappa shape index (κ2) is 15.0. The molecule has 6 nitrogen and oxygen atoms in total. The molecule has 1 heterocycles. The molecule has 1 aromatic heterocycles. The van der Waals surface area contributed by atoms with Gasteiger partial charge in [-0.1, -0.05) is 125 Å². The molecule has 0 radical (unpaired) electrons. The highest BCUT2D eigenvalue weighted by atomic mass is 32.1. The van der Waals surface area contributed by atoms with Gasteiger partial charge in [0.25, 0.3) is 8.32 Å². The first kappa shape index (κ1) is 34.6. The summed E-state index contributed by atoms with van der Waals surface area (Å²) in [5, 5.41) is 23.1. The van der Waals surface area contributed by atoms with E-state index in [2.05, 4.69) is 75.4 Å². The molecule has 0 amide bonds. The number of para-hydroxylation sites is 1. The van der Waals surface area contributed by atoms with Gasteiger partial charge in [-0.25, -0.2) is 4.98 Å². The van der Waals surface area contributed by atoms with Gasteiger partial charge in [-0.2, -0.15) is 0 Å². The Bertz CT molecular complexity index is 1640. The van der Waals surface area contributed by atoms with Crippen LogP contribution in [0.4, 0.5) is 0 Å². The Kier molecular flexibility index (Phi) is 11.1. The van der Waals surface area contributed by atoms with Crippen molar-refractivity contribution in [1.29, 1.82) is 0 Å². The molecule has 5 rings (SSSR count). The van der Waals surface area contributed by atoms with Crippen molar-refractivity contribution >= 4 is 52.0 Å². The topological polar surface area (TPSA) is 96.7 Å². The lowest BCUT2D eigenvalue weighted by Crippen LogP contribution is -2.66. The standard InChI is InChI=1S/C39H45NO5SSi/c1-27(38(43)44)16-8-5-13-21-30-31(34(42)26-33(30)41)24-25-35(37-40-32-22-14-15-23-36(32)46-37)45-47(39(2,3)4,28-17-9-6-10-18-28)29-19-11-7-12-20-29/h5-7,9-15,17-20,22-25,27,30-31,34-35,42H,8,16,21,26H2,1-4H3,(H,43,44)/t27?,30-,31-,34-,35-/m1/s1. The minimum atomic E-state index is -2.98. The molecule has 246 valence electrons. The van der Waals surface area contributed by atoms with Crippen LogP contribution in [-0.4, -0.2) is 41.4 Å². The maximum Gasteiger partial charge on any atom is 0.306 e. The maximum atomic E-state index is 13.1. The summed E-state index contributed by atoms with van der Waals surface area (Å²) in [5.41, 5.74) is 0.910. The van der Waals surface area contributed by atoms with Crippen molar-refractivity contribution < 1.29 is 24.2 Å². The van der Waals surface area contributed by atoms with Crippen molar-refractivity contribution in [2.45, 2.75) is 70.6 Å². The summed E-state index contributed by atoms with van der Waals surface area (Å²) >= 11 is 1.61. The first-order valence-electron chi connectivity index (χ1n) is 16.4. The summed E-state index contributed by atoms with van der Waals surface area (Å²) in [5.74, 6) is -1.91. The summed E-state index contributed by atoms with van der Waals surface area (Å²) in [6, 6.07) is 29.1. The largest absolute Gasteiger partial charge is 0.481 e. The predicted molar refractivity (Wildman–Crippen MR) is 193 cm³/mol. The number of carbonyl (C=O) groups is 2. The Morgan fingerprint density at radius 1 is 1.00 bits per heavy atom. The van der Waals surface area contributed by atoms with Gasteiger partial charge < -0.3 is 14.6 Å². The van der Waals surface area contributed by atoms with Gasteiger partial charge in [0.05, 0.1) is 22.2 Å². The Labute approximate surface area is 283 Å². The van der Waals surface area contributed by atoms with Crippen molar-refractivity contribution in [3.05, 3.63) is 114 Å². The van der Waals surface area contributed by atoms with Crippen LogP contribution in [0.25, 0.3) is 10.2 Å². The lowest BCUT2D eigenvalue weighted by molar-refractivity contribution is -0.141. The van der Waals surface area contributed by atoms with E-state index in [4.69, 9.17) is 14.5 Å². The number of Topliss-reactive ketones (excluding diaryl/α,β-unsaturated/α-hetero) is 1. The Morgan fingerprint density at radius 2 is 1.62 bits per heavy atom. The molecule has 0 aliphatic heterocycles. The van der Waals surface area contributed by atoms with E-state index in [0.717, 1.165) is 25.6 Å². The molecule has 8 heteroatoms. The monoisotopic (exact) mass is 667 g/mol. The molecule has 0 saturated heterocycles. The number of rotatable bonds is 13. The van der Waals surface area contributed by atoms with Crippen molar-refractivity contribution in [1.82, 2.24) is 4.98 Å². The van der Waals surface area contributed by atoms with E-state index in [1.165, 1.54) is 0 Å². The quantitative estimate of drug-likeness (QED) is 0.113. The fourth-order valence-corrected chi connectivity index (χ4v) is 12.3. The van der Waals surface area contributed by atoms with E-state index in [-0.39, 0.29) is 29.1 Å². The third-order valence-corrected chi connectivity index (χ3v) is 15.4. The predicted octanol–water partition coefficient (Wildman–Crippen LogP) is 7.48. The highest BCUT2D eigenvalue weighted by molar-refractivity contribution is 7.18. The highest BCUT2D eigenvalue weighted by Crippen LogP contribution is 2.42. The molecule has 1 unspecified atom stereocenters. The number of fused-ring (bicyclic) bond motifs is 1. The minimum Gasteiger partial charge on any atom is -0.481 e. The fourth-order valence-electron chi connectivity index (χ4n) is 6.65. The molecule has 4 aromatic rings. The zero-order valence-electron chi connectivity index (χ0n) is 27.6. The Balaban J connectivity index is 1.53. The second-order valence-corrected chi connectivity index (χ2v) is 18.9. The molecule has 3 aromatic carbocycles. The van der Waals surface area contributed by atoms with Crippen LogP contribution in [0.15, 0.2) is 109 Å². The number of aromatic nitrogens is 1. The number of carbonyl (C=O) groups excluding carboxylic acids is 1. The normalized spacial score (nSPS) is 20.4. The number of nitrogens with zero attached hydrogens (tertiary/aromatic N) is 1. The molecular formula is C39H45NO5SSi. The molecule has 0 spiro atoms. The average Bonchev–Trinajstić information content (AvgIpc) is 3.60. The van der Waals surface area contributed by atoms with Crippen molar-refractivity contribution in [3.8, 4) is 0 Å². The van der Waals surface area contributed by atoms with Gasteiger partial charge in [0, 0.05) is 18.3 Å². The summed E-state index contributed by atoms with van der Waals surface area (Å²) in [7, 11) is -2.98. The van der Waals surface area contributed by atoms with Crippen molar-refractivity contribution in [2.75, 3.05) is 0 Å². The van der Waals surface area contributed by atoms with Crippen molar-refractivity contribution in [3.63, 3.8) is 0 Å². The fraction of sp³-hybridized carbons (Fsp3) is 0.359. The van der Waals surface area contributed by atoms with Crippen LogP contribution in [0.5, 0.6) is 0 Å². The number of hydrogen-bond donors (Lipinski definition) is 2. The number of aliphatic hydroxyl groups is 1. The summed E-state index contributed by atoms with van der Waals surface area (Å²) in [6.07, 6.45) is 8.39. The number of thiazole rings is 1.